The Labute approximate surface area is 136 Å². The molecule has 0 spiro atoms. The molecule has 1 aliphatic rings. The highest BCUT2D eigenvalue weighted by atomic mass is 32.2. The third-order valence-electron chi connectivity index (χ3n) is 3.65. The predicted molar refractivity (Wildman–Crippen MR) is 89.2 cm³/mol. The van der Waals surface area contributed by atoms with Gasteiger partial charge >= 0.3 is 0 Å². The minimum absolute atomic E-state index is 0.127. The van der Waals surface area contributed by atoms with Crippen LogP contribution in [0.25, 0.3) is 6.08 Å². The zero-order valence-corrected chi connectivity index (χ0v) is 13.4. The van der Waals surface area contributed by atoms with Crippen molar-refractivity contribution in [3.8, 4) is 5.75 Å². The Balaban J connectivity index is 1.62. The average Bonchev–Trinajstić information content (AvgIpc) is 3.04. The summed E-state index contributed by atoms with van der Waals surface area (Å²) >= 11 is 0. The van der Waals surface area contributed by atoms with E-state index in [4.69, 9.17) is 4.74 Å². The first-order valence-electron chi connectivity index (χ1n) is 7.43. The lowest BCUT2D eigenvalue weighted by Gasteiger charge is -2.15. The molecule has 1 atom stereocenters. The van der Waals surface area contributed by atoms with Gasteiger partial charge in [0.15, 0.2) is 0 Å². The number of ether oxygens (including phenoxy) is 1. The summed E-state index contributed by atoms with van der Waals surface area (Å²) < 4.78 is 32.0. The van der Waals surface area contributed by atoms with Crippen LogP contribution in [0.2, 0.25) is 0 Å². The molecule has 5 nitrogen and oxygen atoms in total. The van der Waals surface area contributed by atoms with Gasteiger partial charge in [0.2, 0.25) is 10.0 Å². The first-order chi connectivity index (χ1) is 11.1. The molecule has 1 aromatic carbocycles. The molecule has 1 fully saturated rings. The Hall–Kier alpha value is -2.18. The number of aromatic nitrogens is 1. The van der Waals surface area contributed by atoms with Crippen molar-refractivity contribution < 1.29 is 13.2 Å². The van der Waals surface area contributed by atoms with E-state index in [9.17, 15) is 8.42 Å². The lowest BCUT2D eigenvalue weighted by Crippen LogP contribution is -2.29. The van der Waals surface area contributed by atoms with E-state index in [2.05, 4.69) is 4.98 Å². The van der Waals surface area contributed by atoms with Gasteiger partial charge in [-0.15, -0.1) is 0 Å². The molecule has 1 saturated heterocycles. The molecule has 0 radical (unpaired) electrons. The molecule has 2 heterocycles. The van der Waals surface area contributed by atoms with Gasteiger partial charge in [-0.05, 0) is 30.2 Å². The van der Waals surface area contributed by atoms with Gasteiger partial charge in [-0.3, -0.25) is 4.98 Å². The van der Waals surface area contributed by atoms with Crippen LogP contribution in [0.3, 0.4) is 0 Å². The first kappa shape index (κ1) is 15.7. The summed E-state index contributed by atoms with van der Waals surface area (Å²) in [5, 5.41) is 1.26. The van der Waals surface area contributed by atoms with E-state index in [1.54, 1.807) is 30.6 Å². The van der Waals surface area contributed by atoms with Crippen molar-refractivity contribution in [3.63, 3.8) is 0 Å². The van der Waals surface area contributed by atoms with Crippen molar-refractivity contribution in [2.75, 3.05) is 13.1 Å². The summed E-state index contributed by atoms with van der Waals surface area (Å²) in [6.07, 6.45) is 5.48. The molecule has 23 heavy (non-hydrogen) atoms. The number of pyridine rings is 1. The fourth-order valence-corrected chi connectivity index (χ4v) is 3.68. The van der Waals surface area contributed by atoms with Crippen LogP contribution in [0.5, 0.6) is 5.75 Å². The maximum absolute atomic E-state index is 12.4. The lowest BCUT2D eigenvalue weighted by molar-refractivity contribution is 0.215. The molecule has 0 aliphatic carbocycles. The largest absolute Gasteiger partial charge is 0.489 e. The highest BCUT2D eigenvalue weighted by Crippen LogP contribution is 2.20. The summed E-state index contributed by atoms with van der Waals surface area (Å²) in [6.45, 7) is 0.834. The van der Waals surface area contributed by atoms with Crippen molar-refractivity contribution in [3.05, 3.63) is 65.8 Å². The van der Waals surface area contributed by atoms with E-state index >= 15 is 0 Å². The molecular formula is C17H18N2O3S. The Kier molecular flexibility index (Phi) is 4.73. The van der Waals surface area contributed by atoms with E-state index in [-0.39, 0.29) is 6.10 Å². The van der Waals surface area contributed by atoms with Crippen molar-refractivity contribution >= 4 is 16.1 Å². The summed E-state index contributed by atoms with van der Waals surface area (Å²) in [5.41, 5.74) is 0.861. The second-order valence-corrected chi connectivity index (χ2v) is 7.15. The SMILES string of the molecule is O=S(=O)(C=Cc1ccccc1)N1CCC(Oc2ccncc2)C1. The zero-order valence-electron chi connectivity index (χ0n) is 12.6. The van der Waals surface area contributed by atoms with Crippen molar-refractivity contribution in [2.24, 2.45) is 0 Å². The summed E-state index contributed by atoms with van der Waals surface area (Å²) in [4.78, 5) is 3.93. The van der Waals surface area contributed by atoms with Crippen LogP contribution in [-0.2, 0) is 10.0 Å². The van der Waals surface area contributed by atoms with Gasteiger partial charge in [0, 0.05) is 24.3 Å². The number of hydrogen-bond donors (Lipinski definition) is 0. The van der Waals surface area contributed by atoms with Gasteiger partial charge in [-0.2, -0.15) is 4.31 Å². The molecule has 1 aliphatic heterocycles. The van der Waals surface area contributed by atoms with E-state index < -0.39 is 10.0 Å². The molecule has 3 rings (SSSR count). The van der Waals surface area contributed by atoms with E-state index in [1.165, 1.54) is 9.71 Å². The highest BCUT2D eigenvalue weighted by Gasteiger charge is 2.31. The van der Waals surface area contributed by atoms with Crippen LogP contribution >= 0.6 is 0 Å². The van der Waals surface area contributed by atoms with Gasteiger partial charge in [-0.25, -0.2) is 8.42 Å². The maximum atomic E-state index is 12.4. The molecule has 1 aromatic heterocycles. The smallest absolute Gasteiger partial charge is 0.236 e. The van der Waals surface area contributed by atoms with Crippen LogP contribution in [-0.4, -0.2) is 36.9 Å². The molecule has 1 unspecified atom stereocenters. The Bertz CT molecular complexity index is 761. The van der Waals surface area contributed by atoms with Crippen molar-refractivity contribution in [1.82, 2.24) is 9.29 Å². The van der Waals surface area contributed by atoms with Crippen LogP contribution in [0.15, 0.2) is 60.3 Å². The number of hydrogen-bond acceptors (Lipinski definition) is 4. The molecule has 6 heteroatoms. The first-order valence-corrected chi connectivity index (χ1v) is 8.94. The average molecular weight is 330 g/mol. The Morgan fingerprint density at radius 3 is 2.61 bits per heavy atom. The summed E-state index contributed by atoms with van der Waals surface area (Å²) in [6, 6.07) is 12.9. The Morgan fingerprint density at radius 2 is 1.87 bits per heavy atom. The molecule has 0 amide bonds. The van der Waals surface area contributed by atoms with Crippen LogP contribution in [0.4, 0.5) is 0 Å². The molecule has 120 valence electrons. The minimum atomic E-state index is -3.42. The second-order valence-electron chi connectivity index (χ2n) is 5.33. The predicted octanol–water partition coefficient (Wildman–Crippen LogP) is 2.54. The quantitative estimate of drug-likeness (QED) is 0.845. The van der Waals surface area contributed by atoms with Gasteiger partial charge in [-0.1, -0.05) is 30.3 Å². The molecule has 0 bridgehead atoms. The molecule has 2 aromatic rings. The number of benzene rings is 1. The zero-order chi connectivity index (χ0) is 16.1. The maximum Gasteiger partial charge on any atom is 0.236 e. The fraction of sp³-hybridized carbons (Fsp3) is 0.235. The van der Waals surface area contributed by atoms with Crippen LogP contribution in [0, 0.1) is 0 Å². The second kappa shape index (κ2) is 6.93. The van der Waals surface area contributed by atoms with Gasteiger partial charge in [0.05, 0.1) is 6.54 Å². The van der Waals surface area contributed by atoms with Crippen molar-refractivity contribution in [2.45, 2.75) is 12.5 Å². The fourth-order valence-electron chi connectivity index (χ4n) is 2.45. The highest BCUT2D eigenvalue weighted by molar-refractivity contribution is 7.92. The third kappa shape index (κ3) is 4.18. The number of sulfonamides is 1. The van der Waals surface area contributed by atoms with Gasteiger partial charge in [0.1, 0.15) is 11.9 Å². The molecule has 0 N–H and O–H groups in total. The summed E-state index contributed by atoms with van der Waals surface area (Å²) in [7, 11) is -3.42. The minimum Gasteiger partial charge on any atom is -0.489 e. The Morgan fingerprint density at radius 1 is 1.13 bits per heavy atom. The standard InChI is InChI=1S/C17H18N2O3S/c20-23(21,13-9-15-4-2-1-3-5-15)19-12-8-17(14-19)22-16-6-10-18-11-7-16/h1-7,9-11,13,17H,8,12,14H2. The topological polar surface area (TPSA) is 59.5 Å². The van der Waals surface area contributed by atoms with Crippen LogP contribution < -0.4 is 4.74 Å². The van der Waals surface area contributed by atoms with Gasteiger partial charge < -0.3 is 4.74 Å². The van der Waals surface area contributed by atoms with Crippen molar-refractivity contribution in [1.29, 1.82) is 0 Å². The van der Waals surface area contributed by atoms with E-state index in [0.717, 1.165) is 5.56 Å². The third-order valence-corrected chi connectivity index (χ3v) is 5.18. The summed E-state index contributed by atoms with van der Waals surface area (Å²) in [5.74, 6) is 0.712. The normalized spacial score (nSPS) is 19.2. The lowest BCUT2D eigenvalue weighted by atomic mass is 10.2. The molecular weight excluding hydrogens is 312 g/mol. The van der Waals surface area contributed by atoms with E-state index in [1.807, 2.05) is 30.3 Å². The van der Waals surface area contributed by atoms with Gasteiger partial charge in [0.25, 0.3) is 0 Å². The number of rotatable bonds is 5. The monoisotopic (exact) mass is 330 g/mol. The van der Waals surface area contributed by atoms with Crippen LogP contribution in [0.1, 0.15) is 12.0 Å². The molecule has 0 saturated carbocycles. The number of nitrogens with zero attached hydrogens (tertiary/aromatic N) is 2. The van der Waals surface area contributed by atoms with E-state index in [0.29, 0.717) is 25.3 Å².